The van der Waals surface area contributed by atoms with Gasteiger partial charge in [-0.25, -0.2) is 0 Å². The van der Waals surface area contributed by atoms with Crippen LogP contribution < -0.4 is 15.2 Å². The van der Waals surface area contributed by atoms with Crippen LogP contribution in [-0.4, -0.2) is 19.3 Å². The Bertz CT molecular complexity index is 453. The minimum Gasteiger partial charge on any atom is -0.486 e. The SMILES string of the molecule is Nc1cc2c(cc1COC1CCCCCC1)OCCO2. The highest BCUT2D eigenvalue weighted by Crippen LogP contribution is 2.35. The van der Waals surface area contributed by atoms with Gasteiger partial charge >= 0.3 is 0 Å². The first-order chi connectivity index (χ1) is 9.83. The zero-order valence-corrected chi connectivity index (χ0v) is 11.9. The molecule has 110 valence electrons. The number of hydrogen-bond acceptors (Lipinski definition) is 4. The van der Waals surface area contributed by atoms with Crippen molar-refractivity contribution in [1.82, 2.24) is 0 Å². The standard InChI is InChI=1S/C16H23NO3/c17-14-10-16-15(18-7-8-19-16)9-12(14)11-20-13-5-3-1-2-4-6-13/h9-10,13H,1-8,11,17H2. The molecule has 2 N–H and O–H groups in total. The van der Waals surface area contributed by atoms with Crippen molar-refractivity contribution in [3.8, 4) is 11.5 Å². The number of anilines is 1. The van der Waals surface area contributed by atoms with Crippen LogP contribution in [-0.2, 0) is 11.3 Å². The van der Waals surface area contributed by atoms with E-state index in [1.807, 2.05) is 12.1 Å². The summed E-state index contributed by atoms with van der Waals surface area (Å²) < 4.78 is 17.2. The Hall–Kier alpha value is -1.42. The maximum absolute atomic E-state index is 6.08. The highest BCUT2D eigenvalue weighted by atomic mass is 16.6. The molecule has 1 aromatic carbocycles. The summed E-state index contributed by atoms with van der Waals surface area (Å²) in [6.45, 7) is 1.75. The van der Waals surface area contributed by atoms with E-state index >= 15 is 0 Å². The second-order valence-electron chi connectivity index (χ2n) is 5.62. The average Bonchev–Trinajstić information content (AvgIpc) is 2.74. The van der Waals surface area contributed by atoms with Crippen LogP contribution in [0.4, 0.5) is 5.69 Å². The topological polar surface area (TPSA) is 53.7 Å². The van der Waals surface area contributed by atoms with Crippen molar-refractivity contribution in [2.75, 3.05) is 18.9 Å². The molecule has 1 fully saturated rings. The summed E-state index contributed by atoms with van der Waals surface area (Å²) in [5.41, 5.74) is 7.80. The molecule has 20 heavy (non-hydrogen) atoms. The van der Waals surface area contributed by atoms with E-state index in [4.69, 9.17) is 19.9 Å². The van der Waals surface area contributed by atoms with E-state index in [9.17, 15) is 0 Å². The number of nitrogens with two attached hydrogens (primary N) is 1. The van der Waals surface area contributed by atoms with Crippen molar-refractivity contribution in [2.45, 2.75) is 51.2 Å². The smallest absolute Gasteiger partial charge is 0.163 e. The summed E-state index contributed by atoms with van der Waals surface area (Å²) in [5.74, 6) is 1.52. The van der Waals surface area contributed by atoms with E-state index in [-0.39, 0.29) is 0 Å². The monoisotopic (exact) mass is 277 g/mol. The Morgan fingerprint density at radius 1 is 1.00 bits per heavy atom. The van der Waals surface area contributed by atoms with Gasteiger partial charge in [0, 0.05) is 17.3 Å². The summed E-state index contributed by atoms with van der Waals surface area (Å²) in [4.78, 5) is 0. The lowest BCUT2D eigenvalue weighted by molar-refractivity contribution is 0.0311. The molecule has 0 bridgehead atoms. The van der Waals surface area contributed by atoms with Gasteiger partial charge in [0.05, 0.1) is 12.7 Å². The predicted octanol–water partition coefficient (Wildman–Crippen LogP) is 3.28. The van der Waals surface area contributed by atoms with Gasteiger partial charge in [-0.3, -0.25) is 0 Å². The van der Waals surface area contributed by atoms with E-state index < -0.39 is 0 Å². The van der Waals surface area contributed by atoms with Crippen molar-refractivity contribution in [3.63, 3.8) is 0 Å². The third kappa shape index (κ3) is 3.18. The number of hydrogen-bond donors (Lipinski definition) is 1. The lowest BCUT2D eigenvalue weighted by atomic mass is 10.1. The van der Waals surface area contributed by atoms with Gasteiger partial charge in [-0.05, 0) is 18.9 Å². The molecule has 1 saturated carbocycles. The fraction of sp³-hybridized carbons (Fsp3) is 0.625. The van der Waals surface area contributed by atoms with E-state index in [0.29, 0.717) is 25.9 Å². The normalized spacial score (nSPS) is 19.6. The number of fused-ring (bicyclic) bond motifs is 1. The van der Waals surface area contributed by atoms with Crippen LogP contribution in [0.5, 0.6) is 11.5 Å². The molecule has 1 aromatic rings. The van der Waals surface area contributed by atoms with Gasteiger partial charge in [0.2, 0.25) is 0 Å². The van der Waals surface area contributed by atoms with Crippen LogP contribution >= 0.6 is 0 Å². The van der Waals surface area contributed by atoms with E-state index in [1.165, 1.54) is 38.5 Å². The van der Waals surface area contributed by atoms with E-state index in [2.05, 4.69) is 0 Å². The molecule has 0 aromatic heterocycles. The summed E-state index contributed by atoms with van der Waals surface area (Å²) in [7, 11) is 0. The third-order valence-electron chi connectivity index (χ3n) is 4.08. The lowest BCUT2D eigenvalue weighted by Gasteiger charge is -2.21. The summed E-state index contributed by atoms with van der Waals surface area (Å²) in [6.07, 6.45) is 7.96. The second kappa shape index (κ2) is 6.35. The number of ether oxygens (including phenoxy) is 3. The summed E-state index contributed by atoms with van der Waals surface area (Å²) >= 11 is 0. The summed E-state index contributed by atoms with van der Waals surface area (Å²) in [5, 5.41) is 0. The first kappa shape index (κ1) is 13.6. The largest absolute Gasteiger partial charge is 0.486 e. The Kier molecular flexibility index (Phi) is 4.31. The van der Waals surface area contributed by atoms with Crippen molar-refractivity contribution in [2.24, 2.45) is 0 Å². The molecule has 3 rings (SSSR count). The molecule has 1 aliphatic carbocycles. The minimum absolute atomic E-state index is 0.380. The molecule has 1 aliphatic heterocycles. The van der Waals surface area contributed by atoms with Crippen molar-refractivity contribution in [3.05, 3.63) is 17.7 Å². The Morgan fingerprint density at radius 3 is 2.35 bits per heavy atom. The third-order valence-corrected chi connectivity index (χ3v) is 4.08. The molecule has 0 spiro atoms. The second-order valence-corrected chi connectivity index (χ2v) is 5.62. The molecular weight excluding hydrogens is 254 g/mol. The van der Waals surface area contributed by atoms with Crippen LogP contribution in [0.25, 0.3) is 0 Å². The summed E-state index contributed by atoms with van der Waals surface area (Å²) in [6, 6.07) is 3.81. The number of benzene rings is 1. The zero-order chi connectivity index (χ0) is 13.8. The average molecular weight is 277 g/mol. The highest BCUT2D eigenvalue weighted by Gasteiger charge is 2.17. The fourth-order valence-corrected chi connectivity index (χ4v) is 2.89. The first-order valence-electron chi connectivity index (χ1n) is 7.62. The molecule has 4 nitrogen and oxygen atoms in total. The van der Waals surface area contributed by atoms with Crippen molar-refractivity contribution < 1.29 is 14.2 Å². The quantitative estimate of drug-likeness (QED) is 0.680. The fourth-order valence-electron chi connectivity index (χ4n) is 2.89. The van der Waals surface area contributed by atoms with Gasteiger partial charge in [0.25, 0.3) is 0 Å². The number of nitrogen functional groups attached to an aromatic ring is 1. The van der Waals surface area contributed by atoms with Crippen molar-refractivity contribution >= 4 is 5.69 Å². The maximum Gasteiger partial charge on any atom is 0.163 e. The van der Waals surface area contributed by atoms with Crippen molar-refractivity contribution in [1.29, 1.82) is 0 Å². The van der Waals surface area contributed by atoms with Crippen LogP contribution in [0, 0.1) is 0 Å². The number of rotatable bonds is 3. The highest BCUT2D eigenvalue weighted by molar-refractivity contribution is 5.58. The molecule has 2 aliphatic rings. The van der Waals surface area contributed by atoms with Crippen LogP contribution in [0.15, 0.2) is 12.1 Å². The first-order valence-corrected chi connectivity index (χ1v) is 7.62. The molecular formula is C16H23NO3. The lowest BCUT2D eigenvalue weighted by Crippen LogP contribution is -2.17. The van der Waals surface area contributed by atoms with Crippen LogP contribution in [0.1, 0.15) is 44.1 Å². The molecule has 0 radical (unpaired) electrons. The van der Waals surface area contributed by atoms with Gasteiger partial charge in [0.1, 0.15) is 13.2 Å². The van der Waals surface area contributed by atoms with Gasteiger partial charge in [-0.1, -0.05) is 25.7 Å². The van der Waals surface area contributed by atoms with Crippen LogP contribution in [0.2, 0.25) is 0 Å². The molecule has 0 amide bonds. The van der Waals surface area contributed by atoms with E-state index in [1.54, 1.807) is 0 Å². The van der Waals surface area contributed by atoms with Gasteiger partial charge < -0.3 is 19.9 Å². The van der Waals surface area contributed by atoms with Gasteiger partial charge in [-0.15, -0.1) is 0 Å². The predicted molar refractivity (Wildman–Crippen MR) is 78.1 cm³/mol. The molecule has 1 heterocycles. The zero-order valence-electron chi connectivity index (χ0n) is 11.9. The van der Waals surface area contributed by atoms with Crippen LogP contribution in [0.3, 0.4) is 0 Å². The van der Waals surface area contributed by atoms with Gasteiger partial charge in [-0.2, -0.15) is 0 Å². The molecule has 0 unspecified atom stereocenters. The van der Waals surface area contributed by atoms with E-state index in [0.717, 1.165) is 22.7 Å². The molecule has 4 heteroatoms. The maximum atomic E-state index is 6.08. The Balaban J connectivity index is 1.64. The van der Waals surface area contributed by atoms with Gasteiger partial charge in [0.15, 0.2) is 11.5 Å². The molecule has 0 saturated heterocycles. The molecule has 0 atom stereocenters. The Morgan fingerprint density at radius 2 is 1.65 bits per heavy atom. The Labute approximate surface area is 120 Å². The minimum atomic E-state index is 0.380.